The summed E-state index contributed by atoms with van der Waals surface area (Å²) >= 11 is 0. The zero-order chi connectivity index (χ0) is 14.5. The molecule has 114 valence electrons. The van der Waals surface area contributed by atoms with Crippen LogP contribution in [0.5, 0.6) is 0 Å². The van der Waals surface area contributed by atoms with E-state index >= 15 is 0 Å². The molecule has 1 unspecified atom stereocenters. The van der Waals surface area contributed by atoms with E-state index in [-0.39, 0.29) is 23.8 Å². The van der Waals surface area contributed by atoms with Crippen LogP contribution in [0.2, 0.25) is 0 Å². The van der Waals surface area contributed by atoms with E-state index in [1.165, 1.54) is 19.3 Å². The summed E-state index contributed by atoms with van der Waals surface area (Å²) in [4.78, 5) is 25.5. The van der Waals surface area contributed by atoms with Crippen molar-refractivity contribution in [2.45, 2.75) is 51.5 Å². The second-order valence-corrected chi connectivity index (χ2v) is 6.32. The first-order valence-electron chi connectivity index (χ1n) is 7.82. The molecule has 2 rings (SSSR count). The van der Waals surface area contributed by atoms with Gasteiger partial charge in [0.2, 0.25) is 5.91 Å². The van der Waals surface area contributed by atoms with Crippen molar-refractivity contribution >= 4 is 11.9 Å². The molecule has 1 aliphatic carbocycles. The number of piperidine rings is 1. The molecule has 0 aromatic rings. The van der Waals surface area contributed by atoms with Gasteiger partial charge in [-0.3, -0.25) is 9.59 Å². The van der Waals surface area contributed by atoms with Gasteiger partial charge < -0.3 is 15.3 Å². The summed E-state index contributed by atoms with van der Waals surface area (Å²) < 4.78 is 0. The van der Waals surface area contributed by atoms with Crippen LogP contribution in [0.1, 0.15) is 45.4 Å². The summed E-state index contributed by atoms with van der Waals surface area (Å²) in [6.45, 7) is 5.20. The van der Waals surface area contributed by atoms with Crippen LogP contribution in [0, 0.1) is 11.8 Å². The predicted octanol–water partition coefficient (Wildman–Crippen LogP) is 1.48. The van der Waals surface area contributed by atoms with Crippen LogP contribution >= 0.6 is 0 Å². The highest BCUT2D eigenvalue weighted by molar-refractivity contribution is 5.81. The van der Waals surface area contributed by atoms with Gasteiger partial charge in [-0.25, -0.2) is 0 Å². The molecule has 5 heteroatoms. The van der Waals surface area contributed by atoms with E-state index in [1.54, 1.807) is 0 Å². The van der Waals surface area contributed by atoms with Crippen LogP contribution in [0.4, 0.5) is 0 Å². The molecule has 1 heterocycles. The number of rotatable bonds is 5. The first-order valence-corrected chi connectivity index (χ1v) is 7.82. The molecule has 0 radical (unpaired) electrons. The summed E-state index contributed by atoms with van der Waals surface area (Å²) in [7, 11) is 0. The monoisotopic (exact) mass is 282 g/mol. The van der Waals surface area contributed by atoms with E-state index < -0.39 is 5.97 Å². The second kappa shape index (κ2) is 7.07. The lowest BCUT2D eigenvalue weighted by Gasteiger charge is -2.29. The van der Waals surface area contributed by atoms with Crippen LogP contribution < -0.4 is 5.32 Å². The molecule has 2 fully saturated rings. The highest BCUT2D eigenvalue weighted by Gasteiger charge is 2.34. The number of carboxylic acids is 1. The number of likely N-dealkylation sites (tertiary alicyclic amines) is 1. The van der Waals surface area contributed by atoms with E-state index in [0.717, 1.165) is 19.6 Å². The Hall–Kier alpha value is -1.10. The van der Waals surface area contributed by atoms with E-state index in [1.807, 2.05) is 6.92 Å². The Kier molecular flexibility index (Phi) is 5.40. The highest BCUT2D eigenvalue weighted by Crippen LogP contribution is 2.31. The molecule has 5 nitrogen and oxygen atoms in total. The Labute approximate surface area is 120 Å². The Balaban J connectivity index is 1.72. The quantitative estimate of drug-likeness (QED) is 0.801. The van der Waals surface area contributed by atoms with Crippen molar-refractivity contribution in [2.75, 3.05) is 19.6 Å². The zero-order valence-corrected chi connectivity index (χ0v) is 12.3. The van der Waals surface area contributed by atoms with Gasteiger partial charge in [0.1, 0.15) is 0 Å². The van der Waals surface area contributed by atoms with Gasteiger partial charge in [0.15, 0.2) is 0 Å². The number of aliphatic carboxylic acids is 1. The molecule has 0 bridgehead atoms. The highest BCUT2D eigenvalue weighted by atomic mass is 16.4. The van der Waals surface area contributed by atoms with Crippen molar-refractivity contribution in [3.8, 4) is 0 Å². The number of nitrogens with one attached hydrogen (secondary N) is 1. The molecule has 3 atom stereocenters. The molecule has 0 aromatic heterocycles. The van der Waals surface area contributed by atoms with Gasteiger partial charge in [-0.05, 0) is 52.1 Å². The molecular formula is C15H26N2O3. The first kappa shape index (κ1) is 15.3. The Morgan fingerprint density at radius 2 is 1.85 bits per heavy atom. The maximum absolute atomic E-state index is 12.1. The molecular weight excluding hydrogens is 256 g/mol. The van der Waals surface area contributed by atoms with E-state index in [4.69, 9.17) is 5.11 Å². The van der Waals surface area contributed by atoms with Crippen LogP contribution in [-0.4, -0.2) is 47.6 Å². The number of carbonyl (C=O) groups excluding carboxylic acids is 1. The molecule has 0 aromatic carbocycles. The van der Waals surface area contributed by atoms with Gasteiger partial charge in [-0.15, -0.1) is 0 Å². The molecule has 0 spiro atoms. The third-order valence-corrected chi connectivity index (χ3v) is 4.52. The van der Waals surface area contributed by atoms with Gasteiger partial charge in [0.25, 0.3) is 0 Å². The Morgan fingerprint density at radius 1 is 1.20 bits per heavy atom. The minimum Gasteiger partial charge on any atom is -0.481 e. The lowest BCUT2D eigenvalue weighted by atomic mass is 10.0. The molecule has 1 aliphatic heterocycles. The van der Waals surface area contributed by atoms with Crippen molar-refractivity contribution in [1.29, 1.82) is 0 Å². The van der Waals surface area contributed by atoms with Crippen molar-refractivity contribution < 1.29 is 14.7 Å². The summed E-state index contributed by atoms with van der Waals surface area (Å²) in [5, 5.41) is 12.0. The molecule has 2 N–H and O–H groups in total. The van der Waals surface area contributed by atoms with Crippen molar-refractivity contribution in [3.05, 3.63) is 0 Å². The van der Waals surface area contributed by atoms with Crippen LogP contribution in [-0.2, 0) is 9.59 Å². The molecule has 1 amide bonds. The molecule has 1 saturated heterocycles. The SMILES string of the molecule is CC(CN1CCCCC1)NC(=O)[C@@H]1CC[C@H](C(=O)O)C1. The summed E-state index contributed by atoms with van der Waals surface area (Å²) in [5.41, 5.74) is 0. The zero-order valence-electron chi connectivity index (χ0n) is 12.3. The van der Waals surface area contributed by atoms with Gasteiger partial charge in [-0.2, -0.15) is 0 Å². The summed E-state index contributed by atoms with van der Waals surface area (Å²) in [5.74, 6) is -1.16. The lowest BCUT2D eigenvalue weighted by molar-refractivity contribution is -0.141. The number of nitrogens with zero attached hydrogens (tertiary/aromatic N) is 1. The summed E-state index contributed by atoms with van der Waals surface area (Å²) in [6.07, 6.45) is 5.66. The van der Waals surface area contributed by atoms with Gasteiger partial charge in [0, 0.05) is 18.5 Å². The standard InChI is InChI=1S/C15H26N2O3/c1-11(10-17-7-3-2-4-8-17)16-14(18)12-5-6-13(9-12)15(19)20/h11-13H,2-10H2,1H3,(H,16,18)(H,19,20)/t11?,12-,13+/m1/s1. The van der Waals surface area contributed by atoms with E-state index in [2.05, 4.69) is 10.2 Å². The van der Waals surface area contributed by atoms with Gasteiger partial charge in [-0.1, -0.05) is 6.42 Å². The van der Waals surface area contributed by atoms with Crippen molar-refractivity contribution in [2.24, 2.45) is 11.8 Å². The van der Waals surface area contributed by atoms with Crippen molar-refractivity contribution in [3.63, 3.8) is 0 Å². The first-order chi connectivity index (χ1) is 9.56. The average Bonchev–Trinajstić information content (AvgIpc) is 2.89. The molecule has 1 saturated carbocycles. The normalized spacial score (nSPS) is 29.1. The van der Waals surface area contributed by atoms with Gasteiger partial charge >= 0.3 is 5.97 Å². The second-order valence-electron chi connectivity index (χ2n) is 6.32. The van der Waals surface area contributed by atoms with Gasteiger partial charge in [0.05, 0.1) is 5.92 Å². The van der Waals surface area contributed by atoms with Crippen molar-refractivity contribution in [1.82, 2.24) is 10.2 Å². The smallest absolute Gasteiger partial charge is 0.306 e. The minimum absolute atomic E-state index is 0.0401. The number of carbonyl (C=O) groups is 2. The third-order valence-electron chi connectivity index (χ3n) is 4.52. The van der Waals surface area contributed by atoms with Crippen LogP contribution in [0.25, 0.3) is 0 Å². The number of carboxylic acid groups (broad SMARTS) is 1. The largest absolute Gasteiger partial charge is 0.481 e. The van der Waals surface area contributed by atoms with E-state index in [0.29, 0.717) is 19.3 Å². The predicted molar refractivity (Wildman–Crippen MR) is 76.4 cm³/mol. The Morgan fingerprint density at radius 3 is 2.45 bits per heavy atom. The van der Waals surface area contributed by atoms with E-state index in [9.17, 15) is 9.59 Å². The number of hydrogen-bond acceptors (Lipinski definition) is 3. The third kappa shape index (κ3) is 4.20. The van der Waals surface area contributed by atoms with Crippen LogP contribution in [0.15, 0.2) is 0 Å². The fraction of sp³-hybridized carbons (Fsp3) is 0.867. The topological polar surface area (TPSA) is 69.6 Å². The fourth-order valence-electron chi connectivity index (χ4n) is 3.38. The average molecular weight is 282 g/mol. The van der Waals surface area contributed by atoms with Crippen LogP contribution in [0.3, 0.4) is 0 Å². The summed E-state index contributed by atoms with van der Waals surface area (Å²) in [6, 6.07) is 0.143. The maximum Gasteiger partial charge on any atom is 0.306 e. The number of amides is 1. The maximum atomic E-state index is 12.1. The minimum atomic E-state index is -0.762. The fourth-order valence-corrected chi connectivity index (χ4v) is 3.38. The molecule has 2 aliphatic rings. The lowest BCUT2D eigenvalue weighted by Crippen LogP contribution is -2.45. The number of hydrogen-bond donors (Lipinski definition) is 2. The molecule has 20 heavy (non-hydrogen) atoms. The Bertz CT molecular complexity index is 353.